The predicted octanol–water partition coefficient (Wildman–Crippen LogP) is 1.29. The molecule has 0 aliphatic rings. The molecule has 0 unspecified atom stereocenters. The summed E-state index contributed by atoms with van der Waals surface area (Å²) >= 11 is 0. The number of hydrogen-bond donors (Lipinski definition) is 2. The van der Waals surface area contributed by atoms with Gasteiger partial charge < -0.3 is 5.32 Å². The Hall–Kier alpha value is -2.35. The Balaban J connectivity index is 2.08. The lowest BCUT2D eigenvalue weighted by Gasteiger charge is -2.04. The van der Waals surface area contributed by atoms with Crippen LogP contribution in [0.1, 0.15) is 11.1 Å². The molecule has 0 aromatic carbocycles. The van der Waals surface area contributed by atoms with Crippen molar-refractivity contribution in [3.05, 3.63) is 41.9 Å². The average Bonchev–Trinajstić information content (AvgIpc) is 2.79. The molecule has 15 heavy (non-hydrogen) atoms. The summed E-state index contributed by atoms with van der Waals surface area (Å²) < 4.78 is 0. The third-order valence-electron chi connectivity index (χ3n) is 1.94. The molecule has 2 N–H and O–H groups in total. The number of nitrogens with one attached hydrogen (secondary N) is 2. The minimum Gasteiger partial charge on any atom is -0.365 e. The van der Waals surface area contributed by atoms with Crippen LogP contribution in [0.3, 0.4) is 0 Å². The number of aromatic amines is 1. The van der Waals surface area contributed by atoms with Crippen LogP contribution in [0.25, 0.3) is 0 Å². The van der Waals surface area contributed by atoms with Gasteiger partial charge in [-0.05, 0) is 12.1 Å². The van der Waals surface area contributed by atoms with E-state index in [0.29, 0.717) is 17.9 Å². The highest BCUT2D eigenvalue weighted by Crippen LogP contribution is 2.10. The van der Waals surface area contributed by atoms with E-state index in [1.165, 1.54) is 0 Å². The van der Waals surface area contributed by atoms with Gasteiger partial charge in [0, 0.05) is 24.5 Å². The van der Waals surface area contributed by atoms with E-state index < -0.39 is 0 Å². The average molecular weight is 199 g/mol. The Morgan fingerprint density at radius 1 is 1.53 bits per heavy atom. The summed E-state index contributed by atoms with van der Waals surface area (Å²) in [6.45, 7) is 0.599. The summed E-state index contributed by atoms with van der Waals surface area (Å²) in [6.07, 6.45) is 5.17. The van der Waals surface area contributed by atoms with Crippen LogP contribution in [0.2, 0.25) is 0 Å². The van der Waals surface area contributed by atoms with Crippen molar-refractivity contribution in [3.8, 4) is 6.07 Å². The second kappa shape index (κ2) is 4.24. The summed E-state index contributed by atoms with van der Waals surface area (Å²) in [6, 6.07) is 5.54. The van der Waals surface area contributed by atoms with Crippen LogP contribution >= 0.6 is 0 Å². The number of nitrogens with zero attached hydrogens (tertiary/aromatic N) is 3. The lowest BCUT2D eigenvalue weighted by atomic mass is 10.2. The molecule has 0 saturated heterocycles. The molecule has 74 valence electrons. The predicted molar refractivity (Wildman–Crippen MR) is 54.9 cm³/mol. The summed E-state index contributed by atoms with van der Waals surface area (Å²) in [7, 11) is 0. The van der Waals surface area contributed by atoms with Crippen LogP contribution in [-0.2, 0) is 6.54 Å². The Kier molecular flexibility index (Phi) is 2.61. The Bertz CT molecular complexity index is 469. The van der Waals surface area contributed by atoms with Crippen molar-refractivity contribution in [2.75, 3.05) is 5.32 Å². The molecule has 0 spiro atoms. The molecule has 0 aliphatic heterocycles. The number of H-pyrrole nitrogens is 1. The van der Waals surface area contributed by atoms with Gasteiger partial charge in [0.2, 0.25) is 0 Å². The molecule has 5 nitrogen and oxygen atoms in total. The Morgan fingerprint density at radius 3 is 3.20 bits per heavy atom. The topological polar surface area (TPSA) is 77.4 Å². The highest BCUT2D eigenvalue weighted by molar-refractivity contribution is 5.51. The van der Waals surface area contributed by atoms with Crippen LogP contribution in [0.5, 0.6) is 0 Å². The smallest absolute Gasteiger partial charge is 0.144 e. The fourth-order valence-corrected chi connectivity index (χ4v) is 1.20. The largest absolute Gasteiger partial charge is 0.365 e. The number of aromatic nitrogens is 3. The van der Waals surface area contributed by atoms with Gasteiger partial charge in [0.25, 0.3) is 0 Å². The second-order valence-corrected chi connectivity index (χ2v) is 2.97. The van der Waals surface area contributed by atoms with Gasteiger partial charge >= 0.3 is 0 Å². The molecule has 0 radical (unpaired) electrons. The van der Waals surface area contributed by atoms with Gasteiger partial charge in [-0.2, -0.15) is 10.4 Å². The van der Waals surface area contributed by atoms with E-state index in [1.807, 2.05) is 0 Å². The number of rotatable bonds is 3. The van der Waals surface area contributed by atoms with Crippen LogP contribution in [0, 0.1) is 11.3 Å². The highest BCUT2D eigenvalue weighted by atomic mass is 15.1. The van der Waals surface area contributed by atoms with E-state index in [1.54, 1.807) is 30.7 Å². The first-order valence-electron chi connectivity index (χ1n) is 4.47. The first-order valence-corrected chi connectivity index (χ1v) is 4.47. The minimum atomic E-state index is 0.543. The van der Waals surface area contributed by atoms with E-state index >= 15 is 0 Å². The fourth-order valence-electron chi connectivity index (χ4n) is 1.20. The minimum absolute atomic E-state index is 0.543. The highest BCUT2D eigenvalue weighted by Gasteiger charge is 2.01. The Morgan fingerprint density at radius 2 is 2.47 bits per heavy atom. The SMILES string of the molecule is N#Cc1cccnc1NCc1cn[nH]c1. The first-order chi connectivity index (χ1) is 7.40. The molecule has 0 fully saturated rings. The maximum atomic E-state index is 8.83. The van der Waals surface area contributed by atoms with Crippen molar-refractivity contribution in [3.63, 3.8) is 0 Å². The van der Waals surface area contributed by atoms with E-state index in [4.69, 9.17) is 5.26 Å². The van der Waals surface area contributed by atoms with E-state index in [0.717, 1.165) is 5.56 Å². The van der Waals surface area contributed by atoms with Crippen LogP contribution in [-0.4, -0.2) is 15.2 Å². The number of nitriles is 1. The lowest BCUT2D eigenvalue weighted by molar-refractivity contribution is 1.09. The first kappa shape index (κ1) is 9.21. The summed E-state index contributed by atoms with van der Waals surface area (Å²) in [4.78, 5) is 4.08. The van der Waals surface area contributed by atoms with Gasteiger partial charge in [-0.1, -0.05) is 0 Å². The van der Waals surface area contributed by atoms with Gasteiger partial charge in [0.15, 0.2) is 0 Å². The van der Waals surface area contributed by atoms with Gasteiger partial charge in [-0.3, -0.25) is 5.10 Å². The van der Waals surface area contributed by atoms with Crippen molar-refractivity contribution >= 4 is 5.82 Å². The molecule has 2 rings (SSSR count). The molecule has 5 heteroatoms. The van der Waals surface area contributed by atoms with Gasteiger partial charge in [-0.25, -0.2) is 4.98 Å². The van der Waals surface area contributed by atoms with Gasteiger partial charge in [0.05, 0.1) is 11.8 Å². The van der Waals surface area contributed by atoms with Crippen molar-refractivity contribution in [2.24, 2.45) is 0 Å². The zero-order valence-electron chi connectivity index (χ0n) is 7.94. The molecule has 0 amide bonds. The number of anilines is 1. The molecular weight excluding hydrogens is 190 g/mol. The third-order valence-corrected chi connectivity index (χ3v) is 1.94. The fraction of sp³-hybridized carbons (Fsp3) is 0.100. The van der Waals surface area contributed by atoms with Crippen LogP contribution in [0.15, 0.2) is 30.7 Å². The molecule has 2 aromatic rings. The Labute approximate surface area is 86.8 Å². The molecular formula is C10H9N5. The van der Waals surface area contributed by atoms with Crippen LogP contribution in [0.4, 0.5) is 5.82 Å². The zero-order chi connectivity index (χ0) is 10.5. The quantitative estimate of drug-likeness (QED) is 0.780. The molecule has 0 aliphatic carbocycles. The monoisotopic (exact) mass is 199 g/mol. The van der Waals surface area contributed by atoms with E-state index in [-0.39, 0.29) is 0 Å². The molecule has 2 heterocycles. The van der Waals surface area contributed by atoms with Crippen molar-refractivity contribution in [1.29, 1.82) is 5.26 Å². The summed E-state index contributed by atoms with van der Waals surface area (Å²) in [5, 5.41) is 18.4. The van der Waals surface area contributed by atoms with E-state index in [2.05, 4.69) is 26.6 Å². The standard InChI is InChI=1S/C10H9N5/c11-4-9-2-1-3-12-10(9)13-5-8-6-14-15-7-8/h1-3,6-7H,5H2,(H,12,13)(H,14,15). The second-order valence-electron chi connectivity index (χ2n) is 2.97. The van der Waals surface area contributed by atoms with E-state index in [9.17, 15) is 0 Å². The number of hydrogen-bond acceptors (Lipinski definition) is 4. The third kappa shape index (κ3) is 2.11. The van der Waals surface area contributed by atoms with Crippen molar-refractivity contribution in [2.45, 2.75) is 6.54 Å². The maximum absolute atomic E-state index is 8.83. The van der Waals surface area contributed by atoms with Gasteiger partial charge in [0.1, 0.15) is 11.9 Å². The van der Waals surface area contributed by atoms with Crippen LogP contribution < -0.4 is 5.32 Å². The number of pyridine rings is 1. The summed E-state index contributed by atoms with van der Waals surface area (Å²) in [5.41, 5.74) is 1.56. The summed E-state index contributed by atoms with van der Waals surface area (Å²) in [5.74, 6) is 0.598. The normalized spacial score (nSPS) is 9.53. The zero-order valence-corrected chi connectivity index (χ0v) is 7.94. The molecule has 0 atom stereocenters. The van der Waals surface area contributed by atoms with Crippen molar-refractivity contribution < 1.29 is 0 Å². The molecule has 0 bridgehead atoms. The maximum Gasteiger partial charge on any atom is 0.144 e. The van der Waals surface area contributed by atoms with Crippen molar-refractivity contribution in [1.82, 2.24) is 15.2 Å². The molecule has 2 aromatic heterocycles. The molecule has 0 saturated carbocycles. The lowest BCUT2D eigenvalue weighted by Crippen LogP contribution is -2.02. The van der Waals surface area contributed by atoms with Gasteiger partial charge in [-0.15, -0.1) is 0 Å².